The van der Waals surface area contributed by atoms with Gasteiger partial charge in [0.05, 0.1) is 17.6 Å². The third-order valence-corrected chi connectivity index (χ3v) is 3.95. The molecule has 0 aliphatic heterocycles. The molecule has 6 N–H and O–H groups in total. The quantitative estimate of drug-likeness (QED) is 0.290. The zero-order valence-electron chi connectivity index (χ0n) is 15.0. The summed E-state index contributed by atoms with van der Waals surface area (Å²) in [5.74, 6) is -0.495. The molecule has 8 heteroatoms. The molecular formula is C18H29N5O3. The normalized spacial score (nSPS) is 12.8. The Hall–Kier alpha value is -2.32. The van der Waals surface area contributed by atoms with Crippen LogP contribution in [0.3, 0.4) is 0 Å². The number of nitrogens with two attached hydrogens (primary N) is 2. The van der Waals surface area contributed by atoms with E-state index in [0.29, 0.717) is 44.3 Å². The first kappa shape index (κ1) is 21.7. The number of rotatable bonds is 13. The van der Waals surface area contributed by atoms with Crippen molar-refractivity contribution in [1.29, 1.82) is 0 Å². The largest absolute Gasteiger partial charge is 0.352 e. The zero-order chi connectivity index (χ0) is 19.2. The summed E-state index contributed by atoms with van der Waals surface area (Å²) in [6.07, 6.45) is 7.89. The molecule has 144 valence electrons. The number of aldehydes is 1. The van der Waals surface area contributed by atoms with Crippen LogP contribution in [0.2, 0.25) is 0 Å². The molecule has 1 aromatic heterocycles. The van der Waals surface area contributed by atoms with Gasteiger partial charge in [0.1, 0.15) is 6.29 Å². The van der Waals surface area contributed by atoms with Gasteiger partial charge in [-0.05, 0) is 50.8 Å². The van der Waals surface area contributed by atoms with E-state index in [0.717, 1.165) is 19.1 Å². The first-order chi connectivity index (χ1) is 12.6. The smallest absolute Gasteiger partial charge is 0.252 e. The van der Waals surface area contributed by atoms with Crippen molar-refractivity contribution >= 4 is 18.1 Å². The topological polar surface area (TPSA) is 140 Å². The number of unbranched alkanes of at least 4 members (excludes halogenated alkanes) is 2. The number of amides is 2. The highest BCUT2D eigenvalue weighted by Crippen LogP contribution is 2.02. The standard InChI is InChI=1S/C18H29N5O3/c19-9-3-1-8-16(20)18(26)23-15(13-24)7-2-4-11-22-17(25)14-6-5-10-21-12-14/h5-6,10,12-13,15-16H,1-4,7-9,11,19-20H2,(H,22,25)(H,23,26)/t15-,16+/m1/s1. The Kier molecular flexibility index (Phi) is 10.8. The van der Waals surface area contributed by atoms with Crippen molar-refractivity contribution in [3.8, 4) is 0 Å². The van der Waals surface area contributed by atoms with Crippen molar-refractivity contribution in [2.45, 2.75) is 50.6 Å². The van der Waals surface area contributed by atoms with Crippen LogP contribution in [-0.4, -0.2) is 48.3 Å². The molecule has 0 aliphatic carbocycles. The van der Waals surface area contributed by atoms with Gasteiger partial charge in [0.25, 0.3) is 5.91 Å². The van der Waals surface area contributed by atoms with Crippen molar-refractivity contribution in [3.63, 3.8) is 0 Å². The average molecular weight is 363 g/mol. The molecular weight excluding hydrogens is 334 g/mol. The minimum atomic E-state index is -0.622. The van der Waals surface area contributed by atoms with Crippen LogP contribution in [0.1, 0.15) is 48.9 Å². The van der Waals surface area contributed by atoms with E-state index < -0.39 is 12.1 Å². The summed E-state index contributed by atoms with van der Waals surface area (Å²) in [4.78, 5) is 38.8. The van der Waals surface area contributed by atoms with E-state index in [2.05, 4.69) is 15.6 Å². The lowest BCUT2D eigenvalue weighted by atomic mass is 10.1. The maximum absolute atomic E-state index is 12.0. The van der Waals surface area contributed by atoms with E-state index in [1.807, 2.05) is 0 Å². The van der Waals surface area contributed by atoms with Gasteiger partial charge in [-0.2, -0.15) is 0 Å². The second-order valence-corrected chi connectivity index (χ2v) is 6.14. The van der Waals surface area contributed by atoms with Gasteiger partial charge in [0.15, 0.2) is 0 Å². The van der Waals surface area contributed by atoms with Crippen LogP contribution in [0, 0.1) is 0 Å². The molecule has 8 nitrogen and oxygen atoms in total. The fourth-order valence-electron chi connectivity index (χ4n) is 2.39. The predicted molar refractivity (Wildman–Crippen MR) is 99.3 cm³/mol. The molecule has 0 unspecified atom stereocenters. The second-order valence-electron chi connectivity index (χ2n) is 6.14. The van der Waals surface area contributed by atoms with E-state index in [9.17, 15) is 14.4 Å². The van der Waals surface area contributed by atoms with Crippen LogP contribution in [0.5, 0.6) is 0 Å². The molecule has 0 saturated heterocycles. The van der Waals surface area contributed by atoms with E-state index in [-0.39, 0.29) is 11.8 Å². The molecule has 0 spiro atoms. The highest BCUT2D eigenvalue weighted by molar-refractivity contribution is 5.93. The third-order valence-electron chi connectivity index (χ3n) is 3.95. The molecule has 0 bridgehead atoms. The Morgan fingerprint density at radius 2 is 1.96 bits per heavy atom. The lowest BCUT2D eigenvalue weighted by molar-refractivity contribution is -0.125. The summed E-state index contributed by atoms with van der Waals surface area (Å²) in [5, 5.41) is 5.45. The fourth-order valence-corrected chi connectivity index (χ4v) is 2.39. The SMILES string of the molecule is NCCCC[C@H](N)C(=O)N[C@@H](C=O)CCCCNC(=O)c1cccnc1. The molecule has 1 rings (SSSR count). The monoisotopic (exact) mass is 363 g/mol. The molecule has 0 aromatic carbocycles. The number of hydrogen-bond donors (Lipinski definition) is 4. The number of carbonyl (C=O) groups excluding carboxylic acids is 3. The Bertz CT molecular complexity index is 553. The van der Waals surface area contributed by atoms with Gasteiger partial charge in [0, 0.05) is 18.9 Å². The van der Waals surface area contributed by atoms with Gasteiger partial charge in [-0.25, -0.2) is 0 Å². The Morgan fingerprint density at radius 3 is 2.62 bits per heavy atom. The van der Waals surface area contributed by atoms with Crippen LogP contribution in [-0.2, 0) is 9.59 Å². The molecule has 2 amide bonds. The number of pyridine rings is 1. The first-order valence-electron chi connectivity index (χ1n) is 8.98. The molecule has 1 heterocycles. The highest BCUT2D eigenvalue weighted by atomic mass is 16.2. The van der Waals surface area contributed by atoms with Gasteiger partial charge < -0.3 is 26.9 Å². The van der Waals surface area contributed by atoms with Gasteiger partial charge in [-0.1, -0.05) is 6.42 Å². The number of nitrogens with zero attached hydrogens (tertiary/aromatic N) is 1. The molecule has 0 saturated carbocycles. The maximum Gasteiger partial charge on any atom is 0.252 e. The minimum absolute atomic E-state index is 0.179. The Morgan fingerprint density at radius 1 is 1.19 bits per heavy atom. The molecule has 0 fully saturated rings. The number of aromatic nitrogens is 1. The molecule has 2 atom stereocenters. The van der Waals surface area contributed by atoms with Crippen molar-refractivity contribution < 1.29 is 14.4 Å². The van der Waals surface area contributed by atoms with Crippen molar-refractivity contribution in [2.24, 2.45) is 11.5 Å². The maximum atomic E-state index is 12.0. The van der Waals surface area contributed by atoms with E-state index in [1.54, 1.807) is 18.3 Å². The van der Waals surface area contributed by atoms with Crippen LogP contribution in [0.25, 0.3) is 0 Å². The second kappa shape index (κ2) is 13.0. The van der Waals surface area contributed by atoms with Crippen LogP contribution >= 0.6 is 0 Å². The van der Waals surface area contributed by atoms with Crippen molar-refractivity contribution in [2.75, 3.05) is 13.1 Å². The van der Waals surface area contributed by atoms with Crippen molar-refractivity contribution in [1.82, 2.24) is 15.6 Å². The summed E-state index contributed by atoms with van der Waals surface area (Å²) < 4.78 is 0. The van der Waals surface area contributed by atoms with E-state index >= 15 is 0 Å². The minimum Gasteiger partial charge on any atom is -0.352 e. The van der Waals surface area contributed by atoms with Crippen LogP contribution < -0.4 is 22.1 Å². The van der Waals surface area contributed by atoms with E-state index in [1.165, 1.54) is 6.20 Å². The Labute approximate surface area is 154 Å². The van der Waals surface area contributed by atoms with Gasteiger partial charge in [0.2, 0.25) is 5.91 Å². The molecule has 1 aromatic rings. The summed E-state index contributed by atoms with van der Waals surface area (Å²) in [6.45, 7) is 1.06. The van der Waals surface area contributed by atoms with Crippen LogP contribution in [0.4, 0.5) is 0 Å². The average Bonchev–Trinajstić information content (AvgIpc) is 2.67. The van der Waals surface area contributed by atoms with Crippen molar-refractivity contribution in [3.05, 3.63) is 30.1 Å². The zero-order valence-corrected chi connectivity index (χ0v) is 15.0. The third kappa shape index (κ3) is 8.68. The lowest BCUT2D eigenvalue weighted by Gasteiger charge is -2.16. The van der Waals surface area contributed by atoms with Gasteiger partial charge in [-0.3, -0.25) is 14.6 Å². The molecule has 26 heavy (non-hydrogen) atoms. The van der Waals surface area contributed by atoms with Crippen LogP contribution in [0.15, 0.2) is 24.5 Å². The highest BCUT2D eigenvalue weighted by Gasteiger charge is 2.17. The molecule has 0 aliphatic rings. The molecule has 0 radical (unpaired) electrons. The predicted octanol–water partition coefficient (Wildman–Crippen LogP) is 0.122. The summed E-state index contributed by atoms with van der Waals surface area (Å²) in [7, 11) is 0. The van der Waals surface area contributed by atoms with Gasteiger partial charge in [-0.15, -0.1) is 0 Å². The first-order valence-corrected chi connectivity index (χ1v) is 8.98. The fraction of sp³-hybridized carbons (Fsp3) is 0.556. The van der Waals surface area contributed by atoms with E-state index in [4.69, 9.17) is 11.5 Å². The summed E-state index contributed by atoms with van der Waals surface area (Å²) in [6, 6.07) is 2.21. The number of hydrogen-bond acceptors (Lipinski definition) is 6. The number of nitrogens with one attached hydrogen (secondary N) is 2. The van der Waals surface area contributed by atoms with Gasteiger partial charge >= 0.3 is 0 Å². The number of carbonyl (C=O) groups is 3. The summed E-state index contributed by atoms with van der Waals surface area (Å²) >= 11 is 0. The lowest BCUT2D eigenvalue weighted by Crippen LogP contribution is -2.46. The Balaban J connectivity index is 2.20. The summed E-state index contributed by atoms with van der Waals surface area (Å²) in [5.41, 5.74) is 11.7.